The first kappa shape index (κ1) is 15.2. The Balaban J connectivity index is 1.87. The minimum Gasteiger partial charge on any atom is -0.381 e. The van der Waals surface area contributed by atoms with E-state index in [2.05, 4.69) is 0 Å². The van der Waals surface area contributed by atoms with Crippen molar-refractivity contribution in [2.45, 2.75) is 10.6 Å². The Bertz CT molecular complexity index is 751. The molecule has 1 unspecified atom stereocenters. The summed E-state index contributed by atoms with van der Waals surface area (Å²) in [6.07, 6.45) is 0.919. The van der Waals surface area contributed by atoms with Crippen molar-refractivity contribution < 1.29 is 13.2 Å². The van der Waals surface area contributed by atoms with Crippen LogP contribution in [0.5, 0.6) is 0 Å². The summed E-state index contributed by atoms with van der Waals surface area (Å²) in [6, 6.07) is 7.11. The maximum absolute atomic E-state index is 12.6. The molecular weight excluding hydrogens is 330 g/mol. The molecule has 3 rings (SSSR count). The monoisotopic (exact) mass is 345 g/mol. The first-order valence-electron chi connectivity index (χ1n) is 6.70. The Morgan fingerprint density at radius 1 is 1.43 bits per heavy atom. The second kappa shape index (κ2) is 5.85. The van der Waals surface area contributed by atoms with Crippen LogP contribution >= 0.6 is 22.9 Å². The fourth-order valence-corrected chi connectivity index (χ4v) is 5.48. The topological polar surface area (TPSA) is 46.6 Å². The van der Waals surface area contributed by atoms with E-state index in [1.807, 2.05) is 6.07 Å². The lowest BCUT2D eigenvalue weighted by Crippen LogP contribution is -2.31. The van der Waals surface area contributed by atoms with Crippen LogP contribution in [0.2, 0.25) is 5.02 Å². The molecule has 0 radical (unpaired) electrons. The van der Waals surface area contributed by atoms with Crippen LogP contribution < -0.4 is 0 Å². The van der Waals surface area contributed by atoms with Gasteiger partial charge in [-0.25, -0.2) is 8.42 Å². The number of ether oxygens (including phenoxy) is 1. The number of halogens is 1. The molecule has 1 fully saturated rings. The van der Waals surface area contributed by atoms with E-state index in [1.165, 1.54) is 15.6 Å². The number of fused-ring (bicyclic) bond motifs is 1. The highest BCUT2D eigenvalue weighted by Crippen LogP contribution is 2.32. The molecule has 1 aliphatic heterocycles. The van der Waals surface area contributed by atoms with E-state index < -0.39 is 10.0 Å². The van der Waals surface area contributed by atoms with Crippen molar-refractivity contribution in [1.82, 2.24) is 4.31 Å². The summed E-state index contributed by atoms with van der Waals surface area (Å²) in [5.41, 5.74) is 0. The zero-order valence-electron chi connectivity index (χ0n) is 11.6. The molecule has 7 heteroatoms. The minimum atomic E-state index is -3.45. The van der Waals surface area contributed by atoms with Crippen LogP contribution in [-0.2, 0) is 14.8 Å². The molecule has 1 aromatic carbocycles. The zero-order chi connectivity index (χ0) is 15.0. The lowest BCUT2D eigenvalue weighted by molar-refractivity contribution is 0.182. The van der Waals surface area contributed by atoms with Crippen LogP contribution in [0.1, 0.15) is 6.42 Å². The molecule has 1 saturated heterocycles. The van der Waals surface area contributed by atoms with Gasteiger partial charge in [0.05, 0.1) is 6.61 Å². The van der Waals surface area contributed by atoms with Gasteiger partial charge in [0.2, 0.25) is 0 Å². The Kier molecular flexibility index (Phi) is 4.25. The lowest BCUT2D eigenvalue weighted by Gasteiger charge is -2.19. The third-order valence-corrected chi connectivity index (χ3v) is 7.28. The molecular formula is C14H16ClNO3S2. The van der Waals surface area contributed by atoms with Gasteiger partial charge in [-0.15, -0.1) is 11.3 Å². The van der Waals surface area contributed by atoms with E-state index in [0.717, 1.165) is 23.1 Å². The molecule has 2 heterocycles. The van der Waals surface area contributed by atoms with Crippen molar-refractivity contribution in [2.75, 3.05) is 26.8 Å². The molecule has 1 atom stereocenters. The second-order valence-corrected chi connectivity index (χ2v) is 9.05. The number of rotatable bonds is 4. The summed E-state index contributed by atoms with van der Waals surface area (Å²) in [5.74, 6) is 0.286. The zero-order valence-corrected chi connectivity index (χ0v) is 14.0. The van der Waals surface area contributed by atoms with E-state index >= 15 is 0 Å². The van der Waals surface area contributed by atoms with Crippen LogP contribution in [-0.4, -0.2) is 39.5 Å². The molecule has 0 aliphatic carbocycles. The highest BCUT2D eigenvalue weighted by atomic mass is 35.5. The van der Waals surface area contributed by atoms with Gasteiger partial charge >= 0.3 is 0 Å². The van der Waals surface area contributed by atoms with Crippen molar-refractivity contribution in [2.24, 2.45) is 5.92 Å². The van der Waals surface area contributed by atoms with Crippen molar-refractivity contribution >= 4 is 43.0 Å². The van der Waals surface area contributed by atoms with Gasteiger partial charge in [-0.05, 0) is 42.0 Å². The van der Waals surface area contributed by atoms with Crippen molar-refractivity contribution in [3.8, 4) is 0 Å². The Morgan fingerprint density at radius 3 is 2.95 bits per heavy atom. The number of hydrogen-bond donors (Lipinski definition) is 0. The van der Waals surface area contributed by atoms with Gasteiger partial charge in [0.1, 0.15) is 4.21 Å². The molecule has 114 valence electrons. The Morgan fingerprint density at radius 2 is 2.24 bits per heavy atom. The third kappa shape index (κ3) is 3.10. The van der Waals surface area contributed by atoms with Gasteiger partial charge in [0.25, 0.3) is 10.0 Å². The molecule has 2 aromatic rings. The average molecular weight is 346 g/mol. The van der Waals surface area contributed by atoms with E-state index in [1.54, 1.807) is 25.2 Å². The van der Waals surface area contributed by atoms with Gasteiger partial charge in [-0.3, -0.25) is 0 Å². The maximum atomic E-state index is 12.6. The highest BCUT2D eigenvalue weighted by Gasteiger charge is 2.27. The van der Waals surface area contributed by atoms with Crippen molar-refractivity contribution in [3.05, 3.63) is 29.3 Å². The Labute approximate surface area is 133 Å². The van der Waals surface area contributed by atoms with Gasteiger partial charge in [-0.1, -0.05) is 11.6 Å². The van der Waals surface area contributed by atoms with Crippen LogP contribution in [0.4, 0.5) is 0 Å². The predicted molar refractivity (Wildman–Crippen MR) is 85.6 cm³/mol. The lowest BCUT2D eigenvalue weighted by atomic mass is 10.1. The van der Waals surface area contributed by atoms with E-state index in [0.29, 0.717) is 22.4 Å². The summed E-state index contributed by atoms with van der Waals surface area (Å²) >= 11 is 7.23. The average Bonchev–Trinajstić information content (AvgIpc) is 3.07. The van der Waals surface area contributed by atoms with Gasteiger partial charge < -0.3 is 4.74 Å². The molecule has 4 nitrogen and oxygen atoms in total. The quantitative estimate of drug-likeness (QED) is 0.854. The fourth-order valence-electron chi connectivity index (χ4n) is 2.46. The van der Waals surface area contributed by atoms with E-state index in [-0.39, 0.29) is 5.92 Å². The van der Waals surface area contributed by atoms with Crippen LogP contribution in [0.15, 0.2) is 28.5 Å². The molecule has 0 N–H and O–H groups in total. The first-order chi connectivity index (χ1) is 9.96. The molecule has 0 bridgehead atoms. The predicted octanol–water partition coefficient (Wildman–Crippen LogP) is 3.21. The van der Waals surface area contributed by atoms with Crippen LogP contribution in [0, 0.1) is 5.92 Å². The van der Waals surface area contributed by atoms with E-state index in [9.17, 15) is 8.42 Å². The maximum Gasteiger partial charge on any atom is 0.252 e. The number of thiophene rings is 1. The number of sulfonamides is 1. The van der Waals surface area contributed by atoms with Gasteiger partial charge in [0.15, 0.2) is 0 Å². The molecule has 21 heavy (non-hydrogen) atoms. The summed E-state index contributed by atoms with van der Waals surface area (Å²) < 4.78 is 33.3. The van der Waals surface area contributed by atoms with Crippen LogP contribution in [0.25, 0.3) is 10.1 Å². The van der Waals surface area contributed by atoms with Crippen molar-refractivity contribution in [3.63, 3.8) is 0 Å². The minimum absolute atomic E-state index is 0.286. The van der Waals surface area contributed by atoms with Gasteiger partial charge in [0, 0.05) is 29.9 Å². The number of nitrogens with zero attached hydrogens (tertiary/aromatic N) is 1. The standard InChI is InChI=1S/C14H16ClNO3S2/c1-16(8-10-4-5-19-9-10)21(17,18)14-7-11-6-12(15)2-3-13(11)20-14/h2-3,6-7,10H,4-5,8-9H2,1H3. The third-order valence-electron chi connectivity index (χ3n) is 3.66. The molecule has 0 spiro atoms. The van der Waals surface area contributed by atoms with Gasteiger partial charge in [-0.2, -0.15) is 4.31 Å². The van der Waals surface area contributed by atoms with Crippen molar-refractivity contribution in [1.29, 1.82) is 0 Å². The molecule has 0 amide bonds. The Hall–Kier alpha value is -0.660. The molecule has 1 aliphatic rings. The SMILES string of the molecule is CN(CC1CCOC1)S(=O)(=O)c1cc2cc(Cl)ccc2s1. The smallest absolute Gasteiger partial charge is 0.252 e. The largest absolute Gasteiger partial charge is 0.381 e. The first-order valence-corrected chi connectivity index (χ1v) is 9.33. The second-order valence-electron chi connectivity index (χ2n) is 5.26. The number of hydrogen-bond acceptors (Lipinski definition) is 4. The summed E-state index contributed by atoms with van der Waals surface area (Å²) in [6.45, 7) is 1.86. The highest BCUT2D eigenvalue weighted by molar-refractivity contribution is 7.91. The molecule has 0 saturated carbocycles. The van der Waals surface area contributed by atoms with Crippen LogP contribution in [0.3, 0.4) is 0 Å². The number of benzene rings is 1. The summed E-state index contributed by atoms with van der Waals surface area (Å²) in [7, 11) is -1.82. The normalized spacial score (nSPS) is 19.7. The fraction of sp³-hybridized carbons (Fsp3) is 0.429. The van der Waals surface area contributed by atoms with E-state index in [4.69, 9.17) is 16.3 Å². The summed E-state index contributed by atoms with van der Waals surface area (Å²) in [4.78, 5) is 0. The summed E-state index contributed by atoms with van der Waals surface area (Å²) in [5, 5.41) is 1.48. The molecule has 1 aromatic heterocycles.